The summed E-state index contributed by atoms with van der Waals surface area (Å²) >= 11 is 0. The number of benzene rings is 12. The fourth-order valence-corrected chi connectivity index (χ4v) is 10.2. The lowest BCUT2D eigenvalue weighted by atomic mass is 9.88. The third kappa shape index (κ3) is 5.75. The van der Waals surface area contributed by atoms with Crippen LogP contribution in [0.5, 0.6) is 0 Å². The molecule has 0 saturated heterocycles. The van der Waals surface area contributed by atoms with Crippen LogP contribution in [0.3, 0.4) is 0 Å². The molecule has 0 amide bonds. The molecule has 12 rings (SSSR count). The van der Waals surface area contributed by atoms with Crippen molar-refractivity contribution in [2.75, 3.05) is 0 Å². The second-order valence-corrected chi connectivity index (χ2v) is 16.4. The van der Waals surface area contributed by atoms with E-state index in [1.54, 1.807) is 0 Å². The molecule has 0 N–H and O–H groups in total. The highest BCUT2D eigenvalue weighted by Crippen LogP contribution is 2.37. The Hall–Kier alpha value is -7.28. The van der Waals surface area contributed by atoms with E-state index in [1.807, 2.05) is 0 Å². The van der Waals surface area contributed by atoms with Gasteiger partial charge in [-0.2, -0.15) is 0 Å². The van der Waals surface area contributed by atoms with Crippen LogP contribution in [-0.4, -0.2) is 0 Å². The summed E-state index contributed by atoms with van der Waals surface area (Å²) in [5, 5.41) is 21.1. The molecule has 0 nitrogen and oxygen atoms in total. The zero-order chi connectivity index (χ0) is 38.9. The van der Waals surface area contributed by atoms with E-state index in [1.165, 1.54) is 120 Å². The van der Waals surface area contributed by atoms with E-state index in [9.17, 15) is 0 Å². The van der Waals surface area contributed by atoms with E-state index in [-0.39, 0.29) is 0 Å². The Bertz CT molecular complexity index is 3640. The third-order valence-corrected chi connectivity index (χ3v) is 12.9. The Kier molecular flexibility index (Phi) is 7.84. The highest BCUT2D eigenvalue weighted by atomic mass is 14.2. The predicted molar refractivity (Wildman–Crippen MR) is 254 cm³/mol. The van der Waals surface area contributed by atoms with Gasteiger partial charge in [-0.1, -0.05) is 206 Å². The first-order valence-corrected chi connectivity index (χ1v) is 20.9. The normalized spacial score (nSPS) is 11.9. The summed E-state index contributed by atoms with van der Waals surface area (Å²) in [6.07, 6.45) is 2.65. The molecule has 0 fully saturated rings. The van der Waals surface area contributed by atoms with E-state index < -0.39 is 0 Å². The standard InChI is InChI=1S/C59H40/c1-3-15-48-40(13-1)33-44(50-17-5-9-21-54(48)50)29-38-25-27-42-35-45(51-18-7-11-23-56(51)58(42)31-38)30-39-26-28-43-36-47(53-20-8-12-24-57(53)59(43)32-39)37-46-34-41-14-2-4-16-49(41)55-22-10-6-19-52(46)55/h1-28,31-36H,29-30,37H2. The maximum absolute atomic E-state index is 2.45. The molecule has 0 radical (unpaired) electrons. The van der Waals surface area contributed by atoms with Crippen LogP contribution in [0.15, 0.2) is 206 Å². The molecule has 0 aliphatic rings. The van der Waals surface area contributed by atoms with Crippen molar-refractivity contribution in [2.24, 2.45) is 0 Å². The minimum absolute atomic E-state index is 0.871. The molecular weight excluding hydrogens is 709 g/mol. The Morgan fingerprint density at radius 1 is 0.186 bits per heavy atom. The van der Waals surface area contributed by atoms with Gasteiger partial charge in [-0.15, -0.1) is 0 Å². The molecule has 0 spiro atoms. The third-order valence-electron chi connectivity index (χ3n) is 12.9. The molecule has 0 heterocycles. The van der Waals surface area contributed by atoms with Gasteiger partial charge in [0.2, 0.25) is 0 Å². The topological polar surface area (TPSA) is 0 Å². The molecule has 0 aliphatic carbocycles. The molecule has 0 bridgehead atoms. The second kappa shape index (κ2) is 13.7. The first kappa shape index (κ1) is 33.8. The van der Waals surface area contributed by atoms with Gasteiger partial charge in [-0.3, -0.25) is 0 Å². The summed E-state index contributed by atoms with van der Waals surface area (Å²) in [7, 11) is 0. The number of hydrogen-bond acceptors (Lipinski definition) is 0. The molecule has 0 heteroatoms. The Morgan fingerprint density at radius 3 is 0.831 bits per heavy atom. The molecule has 0 unspecified atom stereocenters. The molecule has 59 heavy (non-hydrogen) atoms. The summed E-state index contributed by atoms with van der Waals surface area (Å²) in [5.74, 6) is 0. The smallest absolute Gasteiger partial charge is 0.00130 e. The molecule has 12 aromatic rings. The number of hydrogen-bond donors (Lipinski definition) is 0. The summed E-state index contributed by atoms with van der Waals surface area (Å²) in [6, 6.07) is 77.3. The molecule has 0 aliphatic heterocycles. The van der Waals surface area contributed by atoms with Gasteiger partial charge in [0.15, 0.2) is 0 Å². The highest BCUT2D eigenvalue weighted by Gasteiger charge is 2.14. The van der Waals surface area contributed by atoms with Crippen LogP contribution in [0.4, 0.5) is 0 Å². The minimum atomic E-state index is 0.871. The molecule has 276 valence electrons. The lowest BCUT2D eigenvalue weighted by molar-refractivity contribution is 1.22. The van der Waals surface area contributed by atoms with E-state index in [2.05, 4.69) is 206 Å². The maximum Gasteiger partial charge on any atom is -0.00130 e. The lowest BCUT2D eigenvalue weighted by Crippen LogP contribution is -1.96. The average Bonchev–Trinajstić information content (AvgIpc) is 3.29. The maximum atomic E-state index is 2.45. The van der Waals surface area contributed by atoms with Crippen molar-refractivity contribution in [3.8, 4) is 0 Å². The van der Waals surface area contributed by atoms with Crippen molar-refractivity contribution in [3.05, 3.63) is 240 Å². The van der Waals surface area contributed by atoms with Gasteiger partial charge in [0, 0.05) is 0 Å². The zero-order valence-electron chi connectivity index (χ0n) is 32.8. The SMILES string of the molecule is c1ccc2c(c1)cc(Cc1ccc3cc(Cc4ccc5cc(Cc6cc7ccccc7c7ccccc67)c6ccccc6c5c4)c4ccccc4c3c1)c1ccccc12. The molecule has 0 saturated carbocycles. The minimum Gasteiger partial charge on any atom is -0.0616 e. The summed E-state index contributed by atoms with van der Waals surface area (Å²) in [6.45, 7) is 0. The Labute approximate surface area is 343 Å². The van der Waals surface area contributed by atoms with Crippen molar-refractivity contribution in [1.29, 1.82) is 0 Å². The fraction of sp³-hybridized carbons (Fsp3) is 0.0508. The van der Waals surface area contributed by atoms with Crippen molar-refractivity contribution < 1.29 is 0 Å². The fourth-order valence-electron chi connectivity index (χ4n) is 10.2. The van der Waals surface area contributed by atoms with Crippen LogP contribution >= 0.6 is 0 Å². The first-order chi connectivity index (χ1) is 29.2. The lowest BCUT2D eigenvalue weighted by Gasteiger charge is -2.16. The van der Waals surface area contributed by atoms with Crippen molar-refractivity contribution in [2.45, 2.75) is 19.3 Å². The average molecular weight is 749 g/mol. The number of fused-ring (bicyclic) bond motifs is 12. The quantitative estimate of drug-likeness (QED) is 0.149. The monoisotopic (exact) mass is 748 g/mol. The molecule has 0 aromatic heterocycles. The molecule has 0 atom stereocenters. The van der Waals surface area contributed by atoms with E-state index in [0.29, 0.717) is 0 Å². The van der Waals surface area contributed by atoms with E-state index in [4.69, 9.17) is 0 Å². The van der Waals surface area contributed by atoms with Gasteiger partial charge in [0.1, 0.15) is 0 Å². The van der Waals surface area contributed by atoms with Crippen molar-refractivity contribution in [3.63, 3.8) is 0 Å². The first-order valence-electron chi connectivity index (χ1n) is 20.9. The van der Waals surface area contributed by atoms with Crippen LogP contribution in [-0.2, 0) is 19.3 Å². The van der Waals surface area contributed by atoms with Gasteiger partial charge >= 0.3 is 0 Å². The van der Waals surface area contributed by atoms with Gasteiger partial charge in [0.05, 0.1) is 0 Å². The van der Waals surface area contributed by atoms with Crippen molar-refractivity contribution in [1.82, 2.24) is 0 Å². The van der Waals surface area contributed by atoms with Crippen LogP contribution in [0.25, 0.3) is 86.2 Å². The number of rotatable bonds is 6. The van der Waals surface area contributed by atoms with Crippen LogP contribution in [0.1, 0.15) is 33.4 Å². The molecular formula is C59H40. The van der Waals surface area contributed by atoms with Gasteiger partial charge in [0.25, 0.3) is 0 Å². The summed E-state index contributed by atoms with van der Waals surface area (Å²) in [4.78, 5) is 0. The van der Waals surface area contributed by atoms with Gasteiger partial charge in [-0.25, -0.2) is 0 Å². The molecule has 12 aromatic carbocycles. The van der Waals surface area contributed by atoms with Crippen LogP contribution in [0.2, 0.25) is 0 Å². The largest absolute Gasteiger partial charge is 0.0616 e. The van der Waals surface area contributed by atoms with Crippen LogP contribution in [0, 0.1) is 0 Å². The van der Waals surface area contributed by atoms with Crippen molar-refractivity contribution >= 4 is 86.2 Å². The summed E-state index contributed by atoms with van der Waals surface area (Å²) < 4.78 is 0. The van der Waals surface area contributed by atoms with Crippen LogP contribution < -0.4 is 0 Å². The second-order valence-electron chi connectivity index (χ2n) is 16.4. The Morgan fingerprint density at radius 2 is 0.458 bits per heavy atom. The van der Waals surface area contributed by atoms with E-state index >= 15 is 0 Å². The van der Waals surface area contributed by atoms with E-state index in [0.717, 1.165) is 19.3 Å². The zero-order valence-corrected chi connectivity index (χ0v) is 32.8. The predicted octanol–water partition coefficient (Wildman–Crippen LogP) is 15.7. The summed E-state index contributed by atoms with van der Waals surface area (Å²) in [5.41, 5.74) is 8.15. The highest BCUT2D eigenvalue weighted by molar-refractivity contribution is 6.13. The van der Waals surface area contributed by atoms with Gasteiger partial charge in [-0.05, 0) is 139 Å². The van der Waals surface area contributed by atoms with Gasteiger partial charge < -0.3 is 0 Å². The Balaban J connectivity index is 0.916.